The minimum Gasteiger partial charge on any atom is -0.483 e. The van der Waals surface area contributed by atoms with Crippen molar-refractivity contribution in [2.75, 3.05) is 42.6 Å². The van der Waals surface area contributed by atoms with E-state index < -0.39 is 5.54 Å². The molecule has 3 aliphatic heterocycles. The number of rotatable bonds is 4. The number of piperidine rings is 1. The summed E-state index contributed by atoms with van der Waals surface area (Å²) in [7, 11) is 0. The number of nitrogens with one attached hydrogen (secondary N) is 1. The van der Waals surface area contributed by atoms with Crippen LogP contribution >= 0.6 is 0 Å². The lowest BCUT2D eigenvalue weighted by atomic mass is 9.77. The predicted octanol–water partition coefficient (Wildman–Crippen LogP) is 1.96. The fourth-order valence-electron chi connectivity index (χ4n) is 4.94. The van der Waals surface area contributed by atoms with Gasteiger partial charge in [0.2, 0.25) is 11.9 Å². The Morgan fingerprint density at radius 2 is 1.91 bits per heavy atom. The summed E-state index contributed by atoms with van der Waals surface area (Å²) in [4.78, 5) is 34.9. The maximum absolute atomic E-state index is 12.2. The van der Waals surface area contributed by atoms with Gasteiger partial charge in [-0.1, -0.05) is 37.3 Å². The van der Waals surface area contributed by atoms with E-state index in [1.807, 2.05) is 18.2 Å². The molecule has 2 atom stereocenters. The number of nitrogens with zero attached hydrogens (tertiary/aromatic N) is 4. The van der Waals surface area contributed by atoms with Crippen LogP contribution in [0.5, 0.6) is 0 Å². The number of morpholine rings is 1. The van der Waals surface area contributed by atoms with Gasteiger partial charge in [-0.3, -0.25) is 9.59 Å². The predicted molar refractivity (Wildman–Crippen MR) is 124 cm³/mol. The molecule has 3 saturated heterocycles. The maximum Gasteiger partial charge on any atom is 0.290 e. The van der Waals surface area contributed by atoms with Crippen LogP contribution in [0.3, 0.4) is 0 Å². The van der Waals surface area contributed by atoms with Crippen molar-refractivity contribution in [1.82, 2.24) is 15.3 Å². The smallest absolute Gasteiger partial charge is 0.290 e. The van der Waals surface area contributed by atoms with E-state index in [-0.39, 0.29) is 25.1 Å². The minimum absolute atomic E-state index is 0.0461. The highest BCUT2D eigenvalue weighted by Gasteiger charge is 2.49. The van der Waals surface area contributed by atoms with E-state index in [0.717, 1.165) is 55.5 Å². The van der Waals surface area contributed by atoms with E-state index in [1.54, 1.807) is 0 Å². The summed E-state index contributed by atoms with van der Waals surface area (Å²) < 4.78 is 6.08. The summed E-state index contributed by atoms with van der Waals surface area (Å²) in [5.41, 5.74) is 1.70. The number of carbonyl (C=O) groups is 2. The molecule has 0 aliphatic carbocycles. The zero-order valence-corrected chi connectivity index (χ0v) is 18.9. The van der Waals surface area contributed by atoms with Crippen LogP contribution in [0, 0.1) is 0 Å². The van der Waals surface area contributed by atoms with Gasteiger partial charge in [0.25, 0.3) is 6.47 Å². The molecule has 1 aromatic heterocycles. The summed E-state index contributed by atoms with van der Waals surface area (Å²) in [6, 6.07) is 12.3. The highest BCUT2D eigenvalue weighted by Crippen LogP contribution is 2.38. The van der Waals surface area contributed by atoms with Gasteiger partial charge in [0.1, 0.15) is 18.5 Å². The number of carboxylic acid groups (broad SMARTS) is 1. The minimum atomic E-state index is -0.481. The SMILES string of the molecule is CCc1cc(N2CC[C@@]3(c4ccccc4)NC(=O)CO[C@@H]3C2)nc(N2CCCC2)n1.O=CO. The Morgan fingerprint density at radius 3 is 2.61 bits per heavy atom. The molecule has 33 heavy (non-hydrogen) atoms. The second-order valence-electron chi connectivity index (χ2n) is 8.55. The van der Waals surface area contributed by atoms with Crippen LogP contribution in [-0.2, 0) is 26.3 Å². The Morgan fingerprint density at radius 1 is 1.18 bits per heavy atom. The lowest BCUT2D eigenvalue weighted by Crippen LogP contribution is -2.66. The Labute approximate surface area is 193 Å². The maximum atomic E-state index is 12.2. The Balaban J connectivity index is 0.000000821. The summed E-state index contributed by atoms with van der Waals surface area (Å²) in [6.07, 6.45) is 3.94. The standard InChI is InChI=1S/C23H29N5O2.CH2O2/c1-2-18-14-20(25-22(24-18)27-11-6-7-12-27)28-13-10-23(17-8-4-3-5-9-17)19(15-28)30-16-21(29)26-23;2-1-3/h3-5,8-9,14,19H,2,6-7,10-13,15-16H2,1H3,(H,26,29);1H,(H,2,3)/t19-,23+;/m1./s1. The molecule has 2 N–H and O–H groups in total. The van der Waals surface area contributed by atoms with E-state index in [4.69, 9.17) is 24.6 Å². The zero-order valence-electron chi connectivity index (χ0n) is 18.9. The number of anilines is 2. The lowest BCUT2D eigenvalue weighted by molar-refractivity contribution is -0.146. The number of fused-ring (bicyclic) bond motifs is 1. The van der Waals surface area contributed by atoms with Crippen molar-refractivity contribution in [3.05, 3.63) is 47.7 Å². The summed E-state index contributed by atoms with van der Waals surface area (Å²) in [5.74, 6) is 1.76. The van der Waals surface area contributed by atoms with Gasteiger partial charge >= 0.3 is 0 Å². The highest BCUT2D eigenvalue weighted by molar-refractivity contribution is 5.79. The first kappa shape index (κ1) is 23.0. The third kappa shape index (κ3) is 4.78. The van der Waals surface area contributed by atoms with E-state index in [0.29, 0.717) is 6.54 Å². The Kier molecular flexibility index (Phi) is 7.08. The van der Waals surface area contributed by atoms with Gasteiger partial charge in [-0.25, -0.2) is 4.98 Å². The van der Waals surface area contributed by atoms with E-state index in [1.165, 1.54) is 12.8 Å². The lowest BCUT2D eigenvalue weighted by Gasteiger charge is -2.50. The fraction of sp³-hybridized carbons (Fsp3) is 0.500. The van der Waals surface area contributed by atoms with Crippen LogP contribution in [0.2, 0.25) is 0 Å². The van der Waals surface area contributed by atoms with Crippen molar-refractivity contribution in [3.63, 3.8) is 0 Å². The molecule has 9 nitrogen and oxygen atoms in total. The number of amides is 1. The largest absolute Gasteiger partial charge is 0.483 e. The first-order valence-electron chi connectivity index (χ1n) is 11.5. The number of carbonyl (C=O) groups excluding carboxylic acids is 1. The van der Waals surface area contributed by atoms with Crippen LogP contribution in [0.4, 0.5) is 11.8 Å². The fourth-order valence-corrected chi connectivity index (χ4v) is 4.94. The van der Waals surface area contributed by atoms with Gasteiger partial charge in [-0.15, -0.1) is 0 Å². The van der Waals surface area contributed by atoms with Crippen LogP contribution in [0.25, 0.3) is 0 Å². The molecule has 176 valence electrons. The van der Waals surface area contributed by atoms with Gasteiger partial charge in [0.15, 0.2) is 0 Å². The van der Waals surface area contributed by atoms with Gasteiger partial charge in [-0.05, 0) is 31.2 Å². The topological polar surface area (TPSA) is 108 Å². The number of ether oxygens (including phenoxy) is 1. The summed E-state index contributed by atoms with van der Waals surface area (Å²) in [5, 5.41) is 10.2. The molecule has 3 fully saturated rings. The monoisotopic (exact) mass is 453 g/mol. The zero-order chi connectivity index (χ0) is 23.3. The number of aromatic nitrogens is 2. The number of hydrogen-bond acceptors (Lipinski definition) is 7. The molecule has 4 heterocycles. The first-order valence-corrected chi connectivity index (χ1v) is 11.5. The molecule has 0 saturated carbocycles. The molecule has 9 heteroatoms. The van der Waals surface area contributed by atoms with Gasteiger partial charge in [0, 0.05) is 37.9 Å². The molecular weight excluding hydrogens is 422 g/mol. The molecule has 2 aromatic rings. The molecule has 3 aliphatic rings. The molecule has 0 bridgehead atoms. The van der Waals surface area contributed by atoms with Gasteiger partial charge < -0.3 is 25.0 Å². The van der Waals surface area contributed by atoms with Crippen molar-refractivity contribution in [2.24, 2.45) is 0 Å². The van der Waals surface area contributed by atoms with Crippen LogP contribution in [0.15, 0.2) is 36.4 Å². The molecule has 5 rings (SSSR count). The average Bonchev–Trinajstić information content (AvgIpc) is 3.39. The summed E-state index contributed by atoms with van der Waals surface area (Å²) >= 11 is 0. The normalized spacial score (nSPS) is 24.4. The third-order valence-electron chi connectivity index (χ3n) is 6.61. The highest BCUT2D eigenvalue weighted by atomic mass is 16.5. The van der Waals surface area contributed by atoms with Crippen LogP contribution in [0.1, 0.15) is 37.4 Å². The molecule has 0 unspecified atom stereocenters. The molecular formula is C24H31N5O4. The quantitative estimate of drug-likeness (QED) is 0.677. The Hall–Kier alpha value is -3.20. The third-order valence-corrected chi connectivity index (χ3v) is 6.61. The van der Waals surface area contributed by atoms with Gasteiger partial charge in [0.05, 0.1) is 5.54 Å². The van der Waals surface area contributed by atoms with E-state index in [9.17, 15) is 4.79 Å². The molecule has 1 aromatic carbocycles. The molecule has 0 spiro atoms. The molecule has 0 radical (unpaired) electrons. The number of aryl methyl sites for hydroxylation is 1. The van der Waals surface area contributed by atoms with Crippen molar-refractivity contribution in [2.45, 2.75) is 44.2 Å². The van der Waals surface area contributed by atoms with Crippen LogP contribution in [-0.4, -0.2) is 66.3 Å². The first-order chi connectivity index (χ1) is 16.1. The van der Waals surface area contributed by atoms with E-state index >= 15 is 0 Å². The number of benzene rings is 1. The van der Waals surface area contributed by atoms with Crippen molar-refractivity contribution in [3.8, 4) is 0 Å². The van der Waals surface area contributed by atoms with Crippen molar-refractivity contribution in [1.29, 1.82) is 0 Å². The van der Waals surface area contributed by atoms with E-state index in [2.05, 4.69) is 40.2 Å². The number of hydrogen-bond donors (Lipinski definition) is 2. The second-order valence-corrected chi connectivity index (χ2v) is 8.55. The second kappa shape index (κ2) is 10.2. The Bertz CT molecular complexity index is 967. The van der Waals surface area contributed by atoms with Crippen LogP contribution < -0.4 is 15.1 Å². The summed E-state index contributed by atoms with van der Waals surface area (Å²) in [6.45, 7) is 5.54. The van der Waals surface area contributed by atoms with Crippen molar-refractivity contribution < 1.29 is 19.4 Å². The van der Waals surface area contributed by atoms with Gasteiger partial charge in [-0.2, -0.15) is 4.98 Å². The molecule has 1 amide bonds. The van der Waals surface area contributed by atoms with Crippen molar-refractivity contribution >= 4 is 24.1 Å². The average molecular weight is 454 g/mol.